The lowest BCUT2D eigenvalue weighted by molar-refractivity contribution is -0.116. The average Bonchev–Trinajstić information content (AvgIpc) is 3.30. The number of rotatable bonds is 6. The third-order valence-corrected chi connectivity index (χ3v) is 5.01. The Bertz CT molecular complexity index is 1090. The summed E-state index contributed by atoms with van der Waals surface area (Å²) in [6, 6.07) is 7.25. The first-order valence-corrected chi connectivity index (χ1v) is 9.66. The number of aromatic nitrogens is 4. The Hall–Kier alpha value is -3.62. The van der Waals surface area contributed by atoms with E-state index in [1.165, 1.54) is 6.33 Å². The van der Waals surface area contributed by atoms with Crippen molar-refractivity contribution in [1.82, 2.24) is 19.7 Å². The van der Waals surface area contributed by atoms with Crippen LogP contribution >= 0.6 is 0 Å². The third kappa shape index (κ3) is 3.91. The van der Waals surface area contributed by atoms with Crippen LogP contribution in [0.1, 0.15) is 23.4 Å². The zero-order valence-corrected chi connectivity index (χ0v) is 17.5. The molecular weight excluding hydrogens is 384 g/mol. The number of nitrogens with zero attached hydrogens (tertiary/aromatic N) is 5. The molecule has 0 radical (unpaired) electrons. The molecule has 0 bridgehead atoms. The lowest BCUT2D eigenvalue weighted by atomic mass is 10.1. The Morgan fingerprint density at radius 1 is 1.17 bits per heavy atom. The van der Waals surface area contributed by atoms with Crippen molar-refractivity contribution < 1.29 is 14.3 Å². The Morgan fingerprint density at radius 3 is 2.77 bits per heavy atom. The van der Waals surface area contributed by atoms with Crippen LogP contribution in [0.2, 0.25) is 0 Å². The van der Waals surface area contributed by atoms with E-state index in [1.54, 1.807) is 22.9 Å². The van der Waals surface area contributed by atoms with Crippen LogP contribution in [-0.4, -0.2) is 46.5 Å². The van der Waals surface area contributed by atoms with Crippen LogP contribution in [0.5, 0.6) is 11.5 Å². The van der Waals surface area contributed by atoms with E-state index >= 15 is 0 Å². The largest absolute Gasteiger partial charge is 0.454 e. The smallest absolute Gasteiger partial charge is 0.231 e. The van der Waals surface area contributed by atoms with E-state index in [0.717, 1.165) is 22.8 Å². The second kappa shape index (κ2) is 8.02. The van der Waals surface area contributed by atoms with Gasteiger partial charge in [-0.1, -0.05) is 0 Å². The highest BCUT2D eigenvalue weighted by atomic mass is 16.7. The molecule has 2 aromatic heterocycles. The SMILES string of the molecule is Cc1nn(-c2cc(N(C)C)ncn2)c(C)c1CCC(=O)Nc1ccc2c(c1)OCO2. The predicted molar refractivity (Wildman–Crippen MR) is 112 cm³/mol. The third-order valence-electron chi connectivity index (χ3n) is 5.01. The molecule has 1 aliphatic rings. The molecule has 0 fully saturated rings. The fourth-order valence-electron chi connectivity index (χ4n) is 3.39. The van der Waals surface area contributed by atoms with Crippen LogP contribution in [0.4, 0.5) is 11.5 Å². The molecule has 3 heterocycles. The molecule has 1 N–H and O–H groups in total. The minimum atomic E-state index is -0.0719. The summed E-state index contributed by atoms with van der Waals surface area (Å²) in [5.41, 5.74) is 3.58. The van der Waals surface area contributed by atoms with Crippen LogP contribution in [0.3, 0.4) is 0 Å². The first kappa shape index (κ1) is 19.7. The molecule has 30 heavy (non-hydrogen) atoms. The number of fused-ring (bicyclic) bond motifs is 1. The zero-order valence-electron chi connectivity index (χ0n) is 17.5. The Kier molecular flexibility index (Phi) is 5.26. The zero-order chi connectivity index (χ0) is 21.3. The summed E-state index contributed by atoms with van der Waals surface area (Å²) in [6.07, 6.45) is 2.45. The van der Waals surface area contributed by atoms with E-state index in [4.69, 9.17) is 9.47 Å². The van der Waals surface area contributed by atoms with Gasteiger partial charge in [-0.2, -0.15) is 5.10 Å². The van der Waals surface area contributed by atoms with Crippen LogP contribution in [0.25, 0.3) is 5.82 Å². The number of hydrogen-bond acceptors (Lipinski definition) is 7. The second-order valence-electron chi connectivity index (χ2n) is 7.31. The van der Waals surface area contributed by atoms with Crippen molar-refractivity contribution in [2.75, 3.05) is 31.1 Å². The van der Waals surface area contributed by atoms with Gasteiger partial charge in [0.1, 0.15) is 12.1 Å². The Balaban J connectivity index is 1.45. The second-order valence-corrected chi connectivity index (χ2v) is 7.31. The molecule has 9 nitrogen and oxygen atoms in total. The molecule has 0 saturated carbocycles. The number of benzene rings is 1. The van der Waals surface area contributed by atoms with E-state index in [9.17, 15) is 4.79 Å². The molecule has 3 aromatic rings. The van der Waals surface area contributed by atoms with Crippen molar-refractivity contribution in [2.45, 2.75) is 26.7 Å². The highest BCUT2D eigenvalue weighted by Crippen LogP contribution is 2.34. The van der Waals surface area contributed by atoms with Crippen LogP contribution in [0, 0.1) is 13.8 Å². The van der Waals surface area contributed by atoms with Gasteiger partial charge in [0.05, 0.1) is 5.69 Å². The molecule has 0 saturated heterocycles. The van der Waals surface area contributed by atoms with E-state index in [1.807, 2.05) is 38.9 Å². The standard InChI is InChI=1S/C21H24N6O3/c1-13-16(14(2)27(25-13)20-10-19(26(3)4)22-11-23-20)6-8-21(28)24-15-5-7-17-18(9-15)30-12-29-17/h5,7,9-11H,6,8,12H2,1-4H3,(H,24,28). The quantitative estimate of drug-likeness (QED) is 0.670. The number of aryl methyl sites for hydroxylation is 1. The highest BCUT2D eigenvalue weighted by molar-refractivity contribution is 5.91. The van der Waals surface area contributed by atoms with E-state index < -0.39 is 0 Å². The summed E-state index contributed by atoms with van der Waals surface area (Å²) in [5, 5.41) is 7.54. The van der Waals surface area contributed by atoms with Gasteiger partial charge in [-0.05, 0) is 38.0 Å². The van der Waals surface area contributed by atoms with E-state index in [2.05, 4.69) is 20.4 Å². The number of anilines is 2. The van der Waals surface area contributed by atoms with Gasteiger partial charge < -0.3 is 19.7 Å². The number of hydrogen-bond donors (Lipinski definition) is 1. The van der Waals surface area contributed by atoms with Gasteiger partial charge in [0, 0.05) is 44.0 Å². The number of carbonyl (C=O) groups is 1. The van der Waals surface area contributed by atoms with Gasteiger partial charge in [0.15, 0.2) is 17.3 Å². The average molecular weight is 408 g/mol. The maximum Gasteiger partial charge on any atom is 0.231 e. The summed E-state index contributed by atoms with van der Waals surface area (Å²) in [4.78, 5) is 23.0. The van der Waals surface area contributed by atoms with Crippen LogP contribution < -0.4 is 19.7 Å². The van der Waals surface area contributed by atoms with Gasteiger partial charge in [-0.15, -0.1) is 0 Å². The molecular formula is C21H24N6O3. The van der Waals surface area contributed by atoms with Gasteiger partial charge in [0.2, 0.25) is 12.7 Å². The van der Waals surface area contributed by atoms with E-state index in [0.29, 0.717) is 35.8 Å². The lowest BCUT2D eigenvalue weighted by Gasteiger charge is -2.12. The molecule has 0 atom stereocenters. The fourth-order valence-corrected chi connectivity index (χ4v) is 3.39. The van der Waals surface area contributed by atoms with E-state index in [-0.39, 0.29) is 12.7 Å². The molecule has 9 heteroatoms. The van der Waals surface area contributed by atoms with Gasteiger partial charge in [0.25, 0.3) is 0 Å². The van der Waals surface area contributed by atoms with Crippen molar-refractivity contribution >= 4 is 17.4 Å². The van der Waals surface area contributed by atoms with Crippen molar-refractivity contribution in [2.24, 2.45) is 0 Å². The molecule has 4 rings (SSSR count). The van der Waals surface area contributed by atoms with Crippen LogP contribution in [0.15, 0.2) is 30.6 Å². The van der Waals surface area contributed by atoms with Crippen molar-refractivity contribution in [3.8, 4) is 17.3 Å². The monoisotopic (exact) mass is 408 g/mol. The first-order chi connectivity index (χ1) is 14.4. The number of amides is 1. The first-order valence-electron chi connectivity index (χ1n) is 9.66. The van der Waals surface area contributed by atoms with Gasteiger partial charge >= 0.3 is 0 Å². The normalized spacial score (nSPS) is 12.1. The molecule has 156 valence electrons. The number of carbonyl (C=O) groups excluding carboxylic acids is 1. The fraction of sp³-hybridized carbons (Fsp3) is 0.333. The summed E-state index contributed by atoms with van der Waals surface area (Å²) >= 11 is 0. The Labute approximate surface area is 174 Å². The number of ether oxygens (including phenoxy) is 2. The highest BCUT2D eigenvalue weighted by Gasteiger charge is 2.17. The van der Waals surface area contributed by atoms with Crippen LogP contribution in [-0.2, 0) is 11.2 Å². The summed E-state index contributed by atoms with van der Waals surface area (Å²) in [7, 11) is 3.86. The topological polar surface area (TPSA) is 94.4 Å². The van der Waals surface area contributed by atoms with Crippen molar-refractivity contribution in [1.29, 1.82) is 0 Å². The summed E-state index contributed by atoms with van der Waals surface area (Å²) < 4.78 is 12.4. The number of nitrogens with one attached hydrogen (secondary N) is 1. The molecule has 0 spiro atoms. The molecule has 0 unspecified atom stereocenters. The molecule has 0 aliphatic carbocycles. The van der Waals surface area contributed by atoms with Crippen molar-refractivity contribution in [3.63, 3.8) is 0 Å². The van der Waals surface area contributed by atoms with Crippen molar-refractivity contribution in [3.05, 3.63) is 47.5 Å². The minimum Gasteiger partial charge on any atom is -0.454 e. The van der Waals surface area contributed by atoms with Gasteiger partial charge in [-0.25, -0.2) is 14.6 Å². The molecule has 1 aliphatic heterocycles. The maximum absolute atomic E-state index is 12.5. The minimum absolute atomic E-state index is 0.0719. The molecule has 1 amide bonds. The molecule has 1 aromatic carbocycles. The summed E-state index contributed by atoms with van der Waals surface area (Å²) in [6.45, 7) is 4.14. The maximum atomic E-state index is 12.5. The van der Waals surface area contributed by atoms with Gasteiger partial charge in [-0.3, -0.25) is 4.79 Å². The summed E-state index contributed by atoms with van der Waals surface area (Å²) in [5.74, 6) is 2.76. The Morgan fingerprint density at radius 2 is 1.97 bits per heavy atom. The lowest BCUT2D eigenvalue weighted by Crippen LogP contribution is -2.13. The predicted octanol–water partition coefficient (Wildman–Crippen LogP) is 2.65.